The molecular formula is C6H7F3N2O. The first-order valence-electron chi connectivity index (χ1n) is 2.97. The van der Waals surface area contributed by atoms with Crippen molar-refractivity contribution in [2.45, 2.75) is 6.18 Å². The van der Waals surface area contributed by atoms with Crippen molar-refractivity contribution in [3.05, 3.63) is 0 Å². The van der Waals surface area contributed by atoms with Gasteiger partial charge in [-0.15, -0.1) is 6.42 Å². The van der Waals surface area contributed by atoms with E-state index in [0.29, 0.717) is 0 Å². The summed E-state index contributed by atoms with van der Waals surface area (Å²) < 4.78 is 34.4. The summed E-state index contributed by atoms with van der Waals surface area (Å²) in [4.78, 5) is 10.4. The number of carbonyl (C=O) groups excluding carboxylic acids is 1. The van der Waals surface area contributed by atoms with E-state index in [1.807, 2.05) is 11.2 Å². The minimum absolute atomic E-state index is 0.0936. The number of urea groups is 1. The fourth-order valence-electron chi connectivity index (χ4n) is 0.374. The zero-order valence-corrected chi connectivity index (χ0v) is 6.03. The standard InChI is InChI=1S/C6H7F3N2O/c1-2-3-10-5(12)11-4-6(7,8)9/h1H,3-4H2,(H2,10,11,12). The van der Waals surface area contributed by atoms with Gasteiger partial charge in [0.25, 0.3) is 0 Å². The smallest absolute Gasteiger partial charge is 0.329 e. The van der Waals surface area contributed by atoms with Crippen LogP contribution >= 0.6 is 0 Å². The number of carbonyl (C=O) groups is 1. The van der Waals surface area contributed by atoms with Gasteiger partial charge in [-0.2, -0.15) is 13.2 Å². The highest BCUT2D eigenvalue weighted by molar-refractivity contribution is 5.74. The lowest BCUT2D eigenvalue weighted by atomic mass is 10.6. The highest BCUT2D eigenvalue weighted by atomic mass is 19.4. The van der Waals surface area contributed by atoms with Crippen LogP contribution in [0.4, 0.5) is 18.0 Å². The van der Waals surface area contributed by atoms with Crippen molar-refractivity contribution in [2.24, 2.45) is 0 Å². The molecule has 0 radical (unpaired) electrons. The zero-order valence-electron chi connectivity index (χ0n) is 6.03. The predicted octanol–water partition coefficient (Wildman–Crippen LogP) is 0.481. The second kappa shape index (κ2) is 4.49. The largest absolute Gasteiger partial charge is 0.405 e. The maximum absolute atomic E-state index is 11.5. The quantitative estimate of drug-likeness (QED) is 0.596. The van der Waals surface area contributed by atoms with Crippen LogP contribution in [0, 0.1) is 12.3 Å². The molecule has 0 saturated heterocycles. The van der Waals surface area contributed by atoms with Gasteiger partial charge in [0, 0.05) is 0 Å². The van der Waals surface area contributed by atoms with Crippen molar-refractivity contribution in [3.63, 3.8) is 0 Å². The van der Waals surface area contributed by atoms with Crippen molar-refractivity contribution in [1.82, 2.24) is 10.6 Å². The number of amides is 2. The van der Waals surface area contributed by atoms with Crippen LogP contribution in [0.1, 0.15) is 0 Å². The highest BCUT2D eigenvalue weighted by Gasteiger charge is 2.27. The van der Waals surface area contributed by atoms with Crippen molar-refractivity contribution in [1.29, 1.82) is 0 Å². The van der Waals surface area contributed by atoms with E-state index < -0.39 is 18.8 Å². The van der Waals surface area contributed by atoms with Crippen molar-refractivity contribution in [2.75, 3.05) is 13.1 Å². The van der Waals surface area contributed by atoms with Crippen LogP contribution in [0.15, 0.2) is 0 Å². The average molecular weight is 180 g/mol. The van der Waals surface area contributed by atoms with Gasteiger partial charge in [0.1, 0.15) is 6.54 Å². The average Bonchev–Trinajstić information content (AvgIpc) is 1.95. The molecule has 0 bridgehead atoms. The van der Waals surface area contributed by atoms with Gasteiger partial charge in [0.2, 0.25) is 0 Å². The van der Waals surface area contributed by atoms with Gasteiger partial charge in [-0.05, 0) is 0 Å². The van der Waals surface area contributed by atoms with Crippen molar-refractivity contribution >= 4 is 6.03 Å². The Morgan fingerprint density at radius 1 is 1.42 bits per heavy atom. The highest BCUT2D eigenvalue weighted by Crippen LogP contribution is 2.11. The van der Waals surface area contributed by atoms with E-state index in [1.165, 1.54) is 0 Å². The Kier molecular flexibility index (Phi) is 3.97. The molecule has 0 aliphatic rings. The zero-order chi connectivity index (χ0) is 9.61. The second-order valence-corrected chi connectivity index (χ2v) is 1.86. The number of hydrogen-bond donors (Lipinski definition) is 2. The fraction of sp³-hybridized carbons (Fsp3) is 0.500. The van der Waals surface area contributed by atoms with Crippen LogP contribution in [0.25, 0.3) is 0 Å². The molecule has 0 saturated carbocycles. The van der Waals surface area contributed by atoms with Gasteiger partial charge in [-0.25, -0.2) is 4.79 Å². The van der Waals surface area contributed by atoms with Gasteiger partial charge in [-0.3, -0.25) is 0 Å². The Bertz CT molecular complexity index is 194. The summed E-state index contributed by atoms with van der Waals surface area (Å²) in [6.07, 6.45) is 0.349. The third kappa shape index (κ3) is 6.74. The maximum Gasteiger partial charge on any atom is 0.405 e. The molecule has 12 heavy (non-hydrogen) atoms. The van der Waals surface area contributed by atoms with Crippen molar-refractivity contribution < 1.29 is 18.0 Å². The van der Waals surface area contributed by atoms with Crippen LogP contribution in [0.5, 0.6) is 0 Å². The molecule has 0 heterocycles. The van der Waals surface area contributed by atoms with Gasteiger partial charge in [0.05, 0.1) is 6.54 Å². The summed E-state index contributed by atoms with van der Waals surface area (Å²) in [7, 11) is 0. The molecule has 0 fully saturated rings. The number of nitrogens with one attached hydrogen (secondary N) is 2. The van der Waals surface area contributed by atoms with Gasteiger partial charge >= 0.3 is 12.2 Å². The maximum atomic E-state index is 11.5. The summed E-state index contributed by atoms with van der Waals surface area (Å²) in [5.41, 5.74) is 0. The van der Waals surface area contributed by atoms with E-state index >= 15 is 0 Å². The number of hydrogen-bond acceptors (Lipinski definition) is 1. The van der Waals surface area contributed by atoms with E-state index in [1.54, 1.807) is 5.32 Å². The van der Waals surface area contributed by atoms with Gasteiger partial charge in [-0.1, -0.05) is 5.92 Å². The minimum atomic E-state index is -4.40. The third-order valence-electron chi connectivity index (χ3n) is 0.800. The molecule has 0 spiro atoms. The first kappa shape index (κ1) is 10.6. The third-order valence-corrected chi connectivity index (χ3v) is 0.800. The second-order valence-electron chi connectivity index (χ2n) is 1.86. The Labute approximate surface area is 67.3 Å². The Morgan fingerprint density at radius 2 is 2.00 bits per heavy atom. The number of halogens is 3. The summed E-state index contributed by atoms with van der Waals surface area (Å²) in [6, 6.07) is -0.926. The predicted molar refractivity (Wildman–Crippen MR) is 36.3 cm³/mol. The van der Waals surface area contributed by atoms with E-state index in [4.69, 9.17) is 6.42 Å². The van der Waals surface area contributed by atoms with Crippen LogP contribution in [-0.4, -0.2) is 25.3 Å². The Morgan fingerprint density at radius 3 is 2.42 bits per heavy atom. The SMILES string of the molecule is C#CCNC(=O)NCC(F)(F)F. The molecule has 0 aromatic rings. The topological polar surface area (TPSA) is 41.1 Å². The van der Waals surface area contributed by atoms with Gasteiger partial charge in [0.15, 0.2) is 0 Å². The summed E-state index contributed by atoms with van der Waals surface area (Å²) in [5, 5.41) is 3.61. The molecule has 0 aliphatic carbocycles. The lowest BCUT2D eigenvalue weighted by molar-refractivity contribution is -0.122. The molecule has 2 N–H and O–H groups in total. The van der Waals surface area contributed by atoms with E-state index in [9.17, 15) is 18.0 Å². The van der Waals surface area contributed by atoms with Crippen molar-refractivity contribution in [3.8, 4) is 12.3 Å². The summed E-state index contributed by atoms with van der Waals surface area (Å²) in [6.45, 7) is -1.45. The lowest BCUT2D eigenvalue weighted by Crippen LogP contribution is -2.40. The molecule has 0 aliphatic heterocycles. The number of alkyl halides is 3. The molecule has 0 rings (SSSR count). The number of terminal acetylenes is 1. The first-order valence-corrected chi connectivity index (χ1v) is 2.97. The monoisotopic (exact) mass is 180 g/mol. The van der Waals surface area contributed by atoms with E-state index in [0.717, 1.165) is 0 Å². The van der Waals surface area contributed by atoms with Crippen LogP contribution < -0.4 is 10.6 Å². The molecule has 68 valence electrons. The van der Waals surface area contributed by atoms with Crippen LogP contribution in [0.2, 0.25) is 0 Å². The molecule has 0 aromatic carbocycles. The Hall–Kier alpha value is -1.38. The number of rotatable bonds is 2. The summed E-state index contributed by atoms with van der Waals surface area (Å²) >= 11 is 0. The van der Waals surface area contributed by atoms with Crippen LogP contribution in [0.3, 0.4) is 0 Å². The van der Waals surface area contributed by atoms with Crippen LogP contribution in [-0.2, 0) is 0 Å². The molecule has 3 nitrogen and oxygen atoms in total. The van der Waals surface area contributed by atoms with E-state index in [2.05, 4.69) is 0 Å². The lowest BCUT2D eigenvalue weighted by Gasteiger charge is -2.07. The first-order chi connectivity index (χ1) is 5.45. The normalized spacial score (nSPS) is 10.2. The molecule has 6 heteroatoms. The molecule has 0 unspecified atom stereocenters. The molecule has 2 amide bonds. The summed E-state index contributed by atoms with van der Waals surface area (Å²) in [5.74, 6) is 2.04. The fourth-order valence-corrected chi connectivity index (χ4v) is 0.374. The van der Waals surface area contributed by atoms with Gasteiger partial charge < -0.3 is 10.6 Å². The van der Waals surface area contributed by atoms with E-state index in [-0.39, 0.29) is 6.54 Å². The molecular weight excluding hydrogens is 173 g/mol. The Balaban J connectivity index is 3.53. The molecule has 0 atom stereocenters. The molecule has 0 aromatic heterocycles. The minimum Gasteiger partial charge on any atom is -0.329 e.